The van der Waals surface area contributed by atoms with Crippen LogP contribution in [0.25, 0.3) is 0 Å². The predicted molar refractivity (Wildman–Crippen MR) is 98.1 cm³/mol. The minimum absolute atomic E-state index is 0.0828. The number of likely N-dealkylation sites (tertiary alicyclic amines) is 1. The maximum absolute atomic E-state index is 12.2. The fourth-order valence-corrected chi connectivity index (χ4v) is 3.40. The molecule has 6 nitrogen and oxygen atoms in total. The predicted octanol–water partition coefficient (Wildman–Crippen LogP) is 1.78. The highest BCUT2D eigenvalue weighted by Crippen LogP contribution is 2.18. The third kappa shape index (κ3) is 4.82. The number of aromatic nitrogens is 2. The van der Waals surface area contributed by atoms with Gasteiger partial charge in [-0.2, -0.15) is 5.10 Å². The molecule has 2 amide bonds. The second-order valence-corrected chi connectivity index (χ2v) is 6.86. The molecule has 134 valence electrons. The van der Waals surface area contributed by atoms with Crippen LogP contribution in [-0.4, -0.2) is 46.4 Å². The first-order chi connectivity index (χ1) is 12.1. The van der Waals surface area contributed by atoms with Crippen LogP contribution in [0.2, 0.25) is 0 Å². The Morgan fingerprint density at radius 3 is 2.76 bits per heavy atom. The van der Waals surface area contributed by atoms with Gasteiger partial charge in [0.15, 0.2) is 0 Å². The summed E-state index contributed by atoms with van der Waals surface area (Å²) < 4.78 is 1.83. The Hall–Kier alpha value is -2.34. The molecule has 1 aromatic heterocycles. The Morgan fingerprint density at radius 1 is 1.24 bits per heavy atom. The summed E-state index contributed by atoms with van der Waals surface area (Å²) >= 11 is 0. The number of carbonyl (C=O) groups is 1. The normalized spacial score (nSPS) is 20.6. The molecule has 2 heterocycles. The second-order valence-electron chi connectivity index (χ2n) is 6.86. The topological polar surface area (TPSA) is 62.2 Å². The number of urea groups is 1. The fraction of sp³-hybridized carbons (Fsp3) is 0.474. The summed E-state index contributed by atoms with van der Waals surface area (Å²) in [6.07, 6.45) is 2.56. The van der Waals surface area contributed by atoms with Crippen LogP contribution in [0.1, 0.15) is 18.2 Å². The molecule has 3 rings (SSSR count). The van der Waals surface area contributed by atoms with Gasteiger partial charge in [0.1, 0.15) is 0 Å². The van der Waals surface area contributed by atoms with Crippen molar-refractivity contribution in [3.05, 3.63) is 53.9 Å². The summed E-state index contributed by atoms with van der Waals surface area (Å²) in [5, 5.41) is 10.2. The van der Waals surface area contributed by atoms with E-state index in [4.69, 9.17) is 0 Å². The van der Waals surface area contributed by atoms with E-state index in [1.54, 1.807) is 6.20 Å². The highest BCUT2D eigenvalue weighted by atomic mass is 16.2. The molecule has 0 radical (unpaired) electrons. The maximum Gasteiger partial charge on any atom is 0.315 e. The molecule has 2 atom stereocenters. The summed E-state index contributed by atoms with van der Waals surface area (Å²) in [6, 6.07) is 12.6. The van der Waals surface area contributed by atoms with E-state index < -0.39 is 0 Å². The van der Waals surface area contributed by atoms with Gasteiger partial charge in [0, 0.05) is 57.6 Å². The molecule has 0 saturated carbocycles. The molecule has 1 fully saturated rings. The minimum Gasteiger partial charge on any atom is -0.338 e. The lowest BCUT2D eigenvalue weighted by atomic mass is 10.1. The van der Waals surface area contributed by atoms with E-state index in [1.807, 2.05) is 23.9 Å². The molecule has 1 aliphatic rings. The largest absolute Gasteiger partial charge is 0.338 e. The van der Waals surface area contributed by atoms with E-state index in [1.165, 1.54) is 5.56 Å². The summed E-state index contributed by atoms with van der Waals surface area (Å²) in [5.74, 6) is 0.450. The van der Waals surface area contributed by atoms with E-state index in [0.29, 0.717) is 12.5 Å². The Bertz CT molecular complexity index is 684. The molecule has 2 aromatic rings. The minimum atomic E-state index is -0.0828. The molecular formula is C19H27N5O. The quantitative estimate of drug-likeness (QED) is 0.842. The van der Waals surface area contributed by atoms with Crippen LogP contribution in [0, 0.1) is 5.92 Å². The highest BCUT2D eigenvalue weighted by molar-refractivity contribution is 5.74. The molecule has 1 aromatic carbocycles. The number of aryl methyl sites for hydroxylation is 1. The van der Waals surface area contributed by atoms with Crippen molar-refractivity contribution in [3.63, 3.8) is 0 Å². The van der Waals surface area contributed by atoms with Crippen molar-refractivity contribution in [1.82, 2.24) is 25.3 Å². The van der Waals surface area contributed by atoms with Crippen molar-refractivity contribution in [2.24, 2.45) is 13.0 Å². The lowest BCUT2D eigenvalue weighted by Crippen LogP contribution is -2.45. The van der Waals surface area contributed by atoms with Crippen molar-refractivity contribution in [2.75, 3.05) is 19.6 Å². The Kier molecular flexibility index (Phi) is 5.71. The van der Waals surface area contributed by atoms with Crippen LogP contribution in [0.15, 0.2) is 42.6 Å². The SMILES string of the molecule is C[C@H]1CN(Cc2ccccc2)C[C@@H]1NC(=O)NCCc1ccnn1C. The van der Waals surface area contributed by atoms with Crippen LogP contribution < -0.4 is 10.6 Å². The van der Waals surface area contributed by atoms with E-state index in [0.717, 1.165) is 31.7 Å². The lowest BCUT2D eigenvalue weighted by molar-refractivity contribution is 0.234. The van der Waals surface area contributed by atoms with Crippen molar-refractivity contribution >= 4 is 6.03 Å². The fourth-order valence-electron chi connectivity index (χ4n) is 3.40. The maximum atomic E-state index is 12.2. The van der Waals surface area contributed by atoms with Gasteiger partial charge in [-0.15, -0.1) is 0 Å². The Morgan fingerprint density at radius 2 is 2.04 bits per heavy atom. The highest BCUT2D eigenvalue weighted by Gasteiger charge is 2.30. The van der Waals surface area contributed by atoms with Gasteiger partial charge in [0.05, 0.1) is 0 Å². The molecule has 0 unspecified atom stereocenters. The molecule has 0 bridgehead atoms. The summed E-state index contributed by atoms with van der Waals surface area (Å²) in [5.41, 5.74) is 2.43. The van der Waals surface area contributed by atoms with Crippen molar-refractivity contribution in [3.8, 4) is 0 Å². The van der Waals surface area contributed by atoms with E-state index in [2.05, 4.69) is 51.8 Å². The van der Waals surface area contributed by atoms with Gasteiger partial charge in [0.25, 0.3) is 0 Å². The van der Waals surface area contributed by atoms with Crippen molar-refractivity contribution in [2.45, 2.75) is 25.9 Å². The number of nitrogens with zero attached hydrogens (tertiary/aromatic N) is 3. The van der Waals surface area contributed by atoms with Crippen LogP contribution in [0.5, 0.6) is 0 Å². The average Bonchev–Trinajstić information content (AvgIpc) is 3.14. The first-order valence-electron chi connectivity index (χ1n) is 8.89. The number of nitrogens with one attached hydrogen (secondary N) is 2. The van der Waals surface area contributed by atoms with Crippen molar-refractivity contribution in [1.29, 1.82) is 0 Å². The summed E-state index contributed by atoms with van der Waals surface area (Å²) in [6.45, 7) is 5.65. The van der Waals surface area contributed by atoms with Crippen LogP contribution in [0.3, 0.4) is 0 Å². The number of benzene rings is 1. The molecule has 1 aliphatic heterocycles. The molecule has 0 aliphatic carbocycles. The first-order valence-corrected chi connectivity index (χ1v) is 8.89. The second kappa shape index (κ2) is 8.16. The van der Waals surface area contributed by atoms with Crippen LogP contribution in [-0.2, 0) is 20.0 Å². The average molecular weight is 341 g/mol. The van der Waals surface area contributed by atoms with Crippen LogP contribution >= 0.6 is 0 Å². The third-order valence-corrected chi connectivity index (χ3v) is 4.84. The molecule has 0 spiro atoms. The van der Waals surface area contributed by atoms with Crippen molar-refractivity contribution < 1.29 is 4.79 Å². The zero-order valence-corrected chi connectivity index (χ0v) is 15.0. The van der Waals surface area contributed by atoms with Gasteiger partial charge in [-0.25, -0.2) is 4.79 Å². The lowest BCUT2D eigenvalue weighted by Gasteiger charge is -2.18. The summed E-state index contributed by atoms with van der Waals surface area (Å²) in [4.78, 5) is 14.6. The molecule has 25 heavy (non-hydrogen) atoms. The zero-order chi connectivity index (χ0) is 17.6. The molecule has 6 heteroatoms. The number of amides is 2. The number of hydrogen-bond acceptors (Lipinski definition) is 3. The van der Waals surface area contributed by atoms with Crippen LogP contribution in [0.4, 0.5) is 4.79 Å². The van der Waals surface area contributed by atoms with E-state index >= 15 is 0 Å². The number of hydrogen-bond donors (Lipinski definition) is 2. The van der Waals surface area contributed by atoms with E-state index in [-0.39, 0.29) is 12.1 Å². The standard InChI is InChI=1S/C19H27N5O/c1-15-12-24(13-16-6-4-3-5-7-16)14-18(15)22-19(25)20-10-8-17-9-11-21-23(17)2/h3-7,9,11,15,18H,8,10,12-14H2,1-2H3,(H2,20,22,25)/t15-,18-/m0/s1. The Labute approximate surface area is 149 Å². The van der Waals surface area contributed by atoms with Gasteiger partial charge in [-0.1, -0.05) is 37.3 Å². The third-order valence-electron chi connectivity index (χ3n) is 4.84. The Balaban J connectivity index is 1.41. The monoisotopic (exact) mass is 341 g/mol. The van der Waals surface area contributed by atoms with Gasteiger partial charge in [-0.05, 0) is 17.5 Å². The van der Waals surface area contributed by atoms with Gasteiger partial charge < -0.3 is 10.6 Å². The number of carbonyl (C=O) groups excluding carboxylic acids is 1. The zero-order valence-electron chi connectivity index (χ0n) is 15.0. The van der Waals surface area contributed by atoms with Gasteiger partial charge in [-0.3, -0.25) is 9.58 Å². The van der Waals surface area contributed by atoms with E-state index in [9.17, 15) is 4.79 Å². The molecule has 2 N–H and O–H groups in total. The number of rotatable bonds is 6. The smallest absolute Gasteiger partial charge is 0.315 e. The molecular weight excluding hydrogens is 314 g/mol. The van der Waals surface area contributed by atoms with Gasteiger partial charge in [0.2, 0.25) is 0 Å². The first kappa shape index (κ1) is 17.5. The summed E-state index contributed by atoms with van der Waals surface area (Å²) in [7, 11) is 1.91. The molecule has 1 saturated heterocycles. The van der Waals surface area contributed by atoms with Gasteiger partial charge >= 0.3 is 6.03 Å².